The lowest BCUT2D eigenvalue weighted by Gasteiger charge is -2.17. The summed E-state index contributed by atoms with van der Waals surface area (Å²) in [5.74, 6) is 7.39. The Kier molecular flexibility index (Phi) is 4.63. The molecule has 19 heavy (non-hydrogen) atoms. The van der Waals surface area contributed by atoms with Gasteiger partial charge in [-0.1, -0.05) is 15.9 Å². The van der Waals surface area contributed by atoms with E-state index in [-0.39, 0.29) is 6.04 Å². The number of hydrogen-bond donors (Lipinski definition) is 2. The van der Waals surface area contributed by atoms with E-state index < -0.39 is 0 Å². The van der Waals surface area contributed by atoms with Crippen LogP contribution in [0.4, 0.5) is 0 Å². The van der Waals surface area contributed by atoms with Crippen LogP contribution in [0.15, 0.2) is 39.4 Å². The van der Waals surface area contributed by atoms with E-state index in [1.165, 1.54) is 0 Å². The van der Waals surface area contributed by atoms with Crippen molar-refractivity contribution in [3.05, 3.63) is 51.9 Å². The Morgan fingerprint density at radius 2 is 2.21 bits per heavy atom. The highest BCUT2D eigenvalue weighted by molar-refractivity contribution is 9.10. The van der Waals surface area contributed by atoms with Crippen LogP contribution in [0.25, 0.3) is 0 Å². The molecular weight excluding hydrogens is 308 g/mol. The lowest BCUT2D eigenvalue weighted by Crippen LogP contribution is -2.29. The second kappa shape index (κ2) is 6.23. The highest BCUT2D eigenvalue weighted by Crippen LogP contribution is 2.29. The minimum absolute atomic E-state index is 0.0121. The molecule has 1 unspecified atom stereocenters. The molecule has 1 aromatic heterocycles. The number of hydrogen-bond acceptors (Lipinski definition) is 4. The van der Waals surface area contributed by atoms with Crippen LogP contribution in [0.5, 0.6) is 5.75 Å². The molecule has 1 aromatic carbocycles. The summed E-state index contributed by atoms with van der Waals surface area (Å²) in [6, 6.07) is 7.86. The first kappa shape index (κ1) is 14.1. The molecule has 0 bridgehead atoms. The highest BCUT2D eigenvalue weighted by atomic mass is 79.9. The van der Waals surface area contributed by atoms with Crippen molar-refractivity contribution in [1.29, 1.82) is 0 Å². The zero-order chi connectivity index (χ0) is 13.8. The SMILES string of the molecule is COc1ccc(Br)cc1CC(NN)c1ccoc1C. The van der Waals surface area contributed by atoms with Crippen molar-refractivity contribution >= 4 is 15.9 Å². The summed E-state index contributed by atoms with van der Waals surface area (Å²) in [5.41, 5.74) is 4.98. The summed E-state index contributed by atoms with van der Waals surface area (Å²) in [5, 5.41) is 0. The predicted octanol–water partition coefficient (Wildman–Crippen LogP) is 3.11. The van der Waals surface area contributed by atoms with Gasteiger partial charge in [-0.25, -0.2) is 0 Å². The molecule has 0 fully saturated rings. The van der Waals surface area contributed by atoms with Crippen LogP contribution in [-0.2, 0) is 6.42 Å². The van der Waals surface area contributed by atoms with Crippen molar-refractivity contribution in [2.75, 3.05) is 7.11 Å². The fourth-order valence-electron chi connectivity index (χ4n) is 2.14. The summed E-state index contributed by atoms with van der Waals surface area (Å²) < 4.78 is 11.7. The van der Waals surface area contributed by atoms with Crippen molar-refractivity contribution in [1.82, 2.24) is 5.43 Å². The number of furan rings is 1. The Labute approximate surface area is 121 Å². The molecule has 0 saturated heterocycles. The molecule has 0 radical (unpaired) electrons. The standard InChI is InChI=1S/C14H17BrN2O2/c1-9-12(5-6-19-9)13(17-16)8-10-7-11(15)3-4-14(10)18-2/h3-7,13,17H,8,16H2,1-2H3. The van der Waals surface area contributed by atoms with E-state index in [0.29, 0.717) is 0 Å². The maximum Gasteiger partial charge on any atom is 0.122 e. The first-order valence-electron chi connectivity index (χ1n) is 5.98. The first-order chi connectivity index (χ1) is 9.15. The van der Waals surface area contributed by atoms with Crippen molar-refractivity contribution < 1.29 is 9.15 Å². The Balaban J connectivity index is 2.28. The molecule has 2 rings (SSSR count). The highest BCUT2D eigenvalue weighted by Gasteiger charge is 2.17. The fraction of sp³-hybridized carbons (Fsp3) is 0.286. The number of aryl methyl sites for hydroxylation is 1. The first-order valence-corrected chi connectivity index (χ1v) is 6.77. The van der Waals surface area contributed by atoms with Crippen LogP contribution in [0.3, 0.4) is 0 Å². The number of nitrogens with two attached hydrogens (primary N) is 1. The van der Waals surface area contributed by atoms with Gasteiger partial charge in [-0.05, 0) is 43.2 Å². The smallest absolute Gasteiger partial charge is 0.122 e. The summed E-state index contributed by atoms with van der Waals surface area (Å²) in [7, 11) is 1.67. The zero-order valence-electron chi connectivity index (χ0n) is 10.9. The van der Waals surface area contributed by atoms with E-state index >= 15 is 0 Å². The van der Waals surface area contributed by atoms with E-state index in [4.69, 9.17) is 15.0 Å². The van der Waals surface area contributed by atoms with Crippen molar-refractivity contribution in [3.63, 3.8) is 0 Å². The van der Waals surface area contributed by atoms with Gasteiger partial charge in [-0.3, -0.25) is 11.3 Å². The van der Waals surface area contributed by atoms with Gasteiger partial charge in [0.2, 0.25) is 0 Å². The predicted molar refractivity (Wildman–Crippen MR) is 77.9 cm³/mol. The van der Waals surface area contributed by atoms with Crippen molar-refractivity contribution in [2.24, 2.45) is 5.84 Å². The monoisotopic (exact) mass is 324 g/mol. The van der Waals surface area contributed by atoms with Crippen LogP contribution in [0, 0.1) is 6.92 Å². The summed E-state index contributed by atoms with van der Waals surface area (Å²) in [6.45, 7) is 1.93. The maximum atomic E-state index is 5.67. The van der Waals surface area contributed by atoms with Crippen LogP contribution in [0.1, 0.15) is 22.9 Å². The number of ether oxygens (including phenoxy) is 1. The minimum atomic E-state index is -0.0121. The van der Waals surface area contributed by atoms with Crippen LogP contribution < -0.4 is 16.0 Å². The molecule has 3 N–H and O–H groups in total. The minimum Gasteiger partial charge on any atom is -0.496 e. The molecule has 0 aliphatic heterocycles. The lowest BCUT2D eigenvalue weighted by atomic mass is 9.99. The van der Waals surface area contributed by atoms with Gasteiger partial charge in [-0.15, -0.1) is 0 Å². The van der Waals surface area contributed by atoms with Gasteiger partial charge in [0.15, 0.2) is 0 Å². The Bertz CT molecular complexity index is 554. The van der Waals surface area contributed by atoms with Gasteiger partial charge in [0.1, 0.15) is 11.5 Å². The molecule has 0 aliphatic carbocycles. The van der Waals surface area contributed by atoms with Crippen molar-refractivity contribution in [3.8, 4) is 5.75 Å². The second-order valence-electron chi connectivity index (χ2n) is 4.31. The van der Waals surface area contributed by atoms with Crippen molar-refractivity contribution in [2.45, 2.75) is 19.4 Å². The number of hydrazine groups is 1. The molecule has 4 nitrogen and oxygen atoms in total. The molecule has 0 saturated carbocycles. The Hall–Kier alpha value is -1.30. The lowest BCUT2D eigenvalue weighted by molar-refractivity contribution is 0.405. The summed E-state index contributed by atoms with van der Waals surface area (Å²) >= 11 is 3.47. The topological polar surface area (TPSA) is 60.4 Å². The van der Waals surface area contributed by atoms with Crippen LogP contribution in [0.2, 0.25) is 0 Å². The average molecular weight is 325 g/mol. The zero-order valence-corrected chi connectivity index (χ0v) is 12.5. The quantitative estimate of drug-likeness (QED) is 0.655. The van der Waals surface area contributed by atoms with Gasteiger partial charge in [0, 0.05) is 10.0 Å². The van der Waals surface area contributed by atoms with Gasteiger partial charge in [0.25, 0.3) is 0 Å². The normalized spacial score (nSPS) is 12.4. The van der Waals surface area contributed by atoms with E-state index in [1.807, 2.05) is 31.2 Å². The number of benzene rings is 1. The molecule has 0 amide bonds. The summed E-state index contributed by atoms with van der Waals surface area (Å²) in [6.07, 6.45) is 2.40. The van der Waals surface area contributed by atoms with Gasteiger partial charge < -0.3 is 9.15 Å². The molecule has 2 aromatic rings. The Morgan fingerprint density at radius 3 is 2.79 bits per heavy atom. The molecule has 102 valence electrons. The van der Waals surface area contributed by atoms with E-state index in [0.717, 1.165) is 33.5 Å². The van der Waals surface area contributed by atoms with E-state index in [2.05, 4.69) is 21.4 Å². The third-order valence-electron chi connectivity index (χ3n) is 3.14. The third kappa shape index (κ3) is 3.18. The molecule has 5 heteroatoms. The molecule has 1 atom stereocenters. The molecule has 0 spiro atoms. The van der Waals surface area contributed by atoms with Gasteiger partial charge >= 0.3 is 0 Å². The number of halogens is 1. The molecule has 1 heterocycles. The average Bonchev–Trinajstić information content (AvgIpc) is 2.82. The van der Waals surface area contributed by atoms with Gasteiger partial charge in [-0.2, -0.15) is 0 Å². The van der Waals surface area contributed by atoms with Crippen LogP contribution in [-0.4, -0.2) is 7.11 Å². The number of methoxy groups -OCH3 is 1. The van der Waals surface area contributed by atoms with Crippen LogP contribution >= 0.6 is 15.9 Å². The Morgan fingerprint density at radius 1 is 1.42 bits per heavy atom. The number of nitrogens with one attached hydrogen (secondary N) is 1. The second-order valence-corrected chi connectivity index (χ2v) is 5.23. The van der Waals surface area contributed by atoms with Gasteiger partial charge in [0.05, 0.1) is 19.4 Å². The van der Waals surface area contributed by atoms with E-state index in [9.17, 15) is 0 Å². The molecule has 0 aliphatic rings. The summed E-state index contributed by atoms with van der Waals surface area (Å²) in [4.78, 5) is 0. The molecular formula is C14H17BrN2O2. The largest absolute Gasteiger partial charge is 0.496 e. The number of rotatable bonds is 5. The third-order valence-corrected chi connectivity index (χ3v) is 3.64. The maximum absolute atomic E-state index is 5.67. The fourth-order valence-corrected chi connectivity index (χ4v) is 2.55. The van der Waals surface area contributed by atoms with E-state index in [1.54, 1.807) is 13.4 Å².